The average molecular weight is 237 g/mol. The van der Waals surface area contributed by atoms with Gasteiger partial charge in [-0.1, -0.05) is 31.2 Å². The number of amides is 1. The maximum atomic E-state index is 12.0. The van der Waals surface area contributed by atoms with Crippen LogP contribution in [0.15, 0.2) is 24.3 Å². The van der Waals surface area contributed by atoms with E-state index in [-0.39, 0.29) is 12.1 Å². The quantitative estimate of drug-likeness (QED) is 0.688. The predicted molar refractivity (Wildman–Crippen MR) is 69.9 cm³/mol. The van der Waals surface area contributed by atoms with E-state index in [1.807, 2.05) is 20.8 Å². The van der Waals surface area contributed by atoms with E-state index in [1.165, 1.54) is 0 Å². The summed E-state index contributed by atoms with van der Waals surface area (Å²) in [6.45, 7) is 8.48. The molecule has 3 nitrogen and oxygen atoms in total. The lowest BCUT2D eigenvalue weighted by Crippen LogP contribution is -2.43. The maximum absolute atomic E-state index is 12.0. The van der Waals surface area contributed by atoms with Crippen molar-refractivity contribution in [3.05, 3.63) is 24.3 Å². The van der Waals surface area contributed by atoms with Crippen LogP contribution in [0.1, 0.15) is 40.5 Å². The number of rotatable bonds is 2. The van der Waals surface area contributed by atoms with Crippen molar-refractivity contribution >= 4 is 6.09 Å². The number of allylic oxidation sites excluding steroid dienone is 1. The summed E-state index contributed by atoms with van der Waals surface area (Å²) < 4.78 is 5.41. The van der Waals surface area contributed by atoms with Crippen LogP contribution in [0.5, 0.6) is 0 Å². The molecule has 1 aliphatic rings. The molecule has 0 N–H and O–H groups in total. The third-order valence-electron chi connectivity index (χ3n) is 2.43. The summed E-state index contributed by atoms with van der Waals surface area (Å²) in [5.41, 5.74) is -0.433. The predicted octanol–water partition coefficient (Wildman–Crippen LogP) is 3.52. The Morgan fingerprint density at radius 1 is 1.53 bits per heavy atom. The number of hydrogen-bond donors (Lipinski definition) is 0. The highest BCUT2D eigenvalue weighted by atomic mass is 16.6. The molecule has 0 radical (unpaired) electrons. The number of nitrogens with zero attached hydrogens (tertiary/aromatic N) is 1. The van der Waals surface area contributed by atoms with Crippen LogP contribution in [-0.4, -0.2) is 29.2 Å². The summed E-state index contributed by atoms with van der Waals surface area (Å²) in [5, 5.41) is 0. The molecule has 96 valence electrons. The summed E-state index contributed by atoms with van der Waals surface area (Å²) in [5.74, 6) is 0. The Kier molecular flexibility index (Phi) is 4.79. The first-order valence-corrected chi connectivity index (χ1v) is 6.27. The molecule has 0 saturated carbocycles. The summed E-state index contributed by atoms with van der Waals surface area (Å²) in [6.07, 6.45) is 9.96. The van der Waals surface area contributed by atoms with E-state index in [2.05, 4.69) is 31.2 Å². The van der Waals surface area contributed by atoms with Crippen LogP contribution >= 0.6 is 0 Å². The third kappa shape index (κ3) is 4.63. The molecule has 0 aromatic carbocycles. The van der Waals surface area contributed by atoms with Crippen molar-refractivity contribution in [2.75, 3.05) is 6.54 Å². The average Bonchev–Trinajstić information content (AvgIpc) is 2.24. The minimum Gasteiger partial charge on any atom is -0.444 e. The molecule has 1 atom stereocenters. The first-order chi connectivity index (χ1) is 7.94. The highest BCUT2D eigenvalue weighted by Gasteiger charge is 2.26. The fourth-order valence-corrected chi connectivity index (χ4v) is 1.68. The van der Waals surface area contributed by atoms with Gasteiger partial charge in [0.25, 0.3) is 0 Å². The van der Waals surface area contributed by atoms with Gasteiger partial charge < -0.3 is 4.74 Å². The second-order valence-corrected chi connectivity index (χ2v) is 5.22. The van der Waals surface area contributed by atoms with Gasteiger partial charge in [-0.3, -0.25) is 4.90 Å². The molecule has 1 amide bonds. The molecule has 1 rings (SSSR count). The molecule has 1 unspecified atom stereocenters. The minimum atomic E-state index is -0.433. The molecule has 0 fully saturated rings. The molecule has 1 heterocycles. The topological polar surface area (TPSA) is 29.5 Å². The Morgan fingerprint density at radius 3 is 2.82 bits per heavy atom. The fraction of sp³-hybridized carbons (Fsp3) is 0.643. The van der Waals surface area contributed by atoms with E-state index in [9.17, 15) is 4.79 Å². The smallest absolute Gasteiger partial charge is 0.411 e. The Bertz CT molecular complexity index is 313. The van der Waals surface area contributed by atoms with E-state index < -0.39 is 5.60 Å². The van der Waals surface area contributed by atoms with Gasteiger partial charge in [0.05, 0.1) is 6.04 Å². The molecule has 0 bridgehead atoms. The zero-order chi connectivity index (χ0) is 12.9. The van der Waals surface area contributed by atoms with Gasteiger partial charge in [0, 0.05) is 6.54 Å². The van der Waals surface area contributed by atoms with Crippen LogP contribution in [-0.2, 0) is 4.74 Å². The Labute approximate surface area is 104 Å². The number of ether oxygens (including phenoxy) is 1. The van der Waals surface area contributed by atoms with E-state index in [1.54, 1.807) is 4.90 Å². The number of carbonyl (C=O) groups excluding carboxylic acids is 1. The Hall–Kier alpha value is -1.25. The van der Waals surface area contributed by atoms with E-state index >= 15 is 0 Å². The van der Waals surface area contributed by atoms with E-state index in [0.717, 1.165) is 19.4 Å². The van der Waals surface area contributed by atoms with Crippen LogP contribution < -0.4 is 0 Å². The molecule has 0 aromatic rings. The van der Waals surface area contributed by atoms with Crippen molar-refractivity contribution in [2.24, 2.45) is 0 Å². The van der Waals surface area contributed by atoms with Crippen molar-refractivity contribution in [3.63, 3.8) is 0 Å². The summed E-state index contributed by atoms with van der Waals surface area (Å²) in [7, 11) is 0. The molecule has 0 saturated heterocycles. The lowest BCUT2D eigenvalue weighted by molar-refractivity contribution is 0.0224. The van der Waals surface area contributed by atoms with Gasteiger partial charge in [-0.25, -0.2) is 4.79 Å². The van der Waals surface area contributed by atoms with Crippen molar-refractivity contribution in [1.29, 1.82) is 0 Å². The number of carbonyl (C=O) groups is 1. The monoisotopic (exact) mass is 237 g/mol. The summed E-state index contributed by atoms with van der Waals surface area (Å²) in [4.78, 5) is 13.8. The first-order valence-electron chi connectivity index (χ1n) is 6.27. The summed E-state index contributed by atoms with van der Waals surface area (Å²) >= 11 is 0. The molecular formula is C14H23NO2. The first kappa shape index (κ1) is 13.8. The second kappa shape index (κ2) is 5.89. The Balaban J connectivity index is 2.69. The van der Waals surface area contributed by atoms with Gasteiger partial charge in [0.1, 0.15) is 5.60 Å². The molecule has 0 aromatic heterocycles. The highest BCUT2D eigenvalue weighted by Crippen LogP contribution is 2.17. The van der Waals surface area contributed by atoms with Gasteiger partial charge in [-0.05, 0) is 33.6 Å². The lowest BCUT2D eigenvalue weighted by Gasteiger charge is -2.32. The maximum Gasteiger partial charge on any atom is 0.411 e. The number of hydrogen-bond acceptors (Lipinski definition) is 2. The third-order valence-corrected chi connectivity index (χ3v) is 2.43. The molecule has 1 aliphatic heterocycles. The molecular weight excluding hydrogens is 214 g/mol. The Morgan fingerprint density at radius 2 is 2.24 bits per heavy atom. The zero-order valence-corrected chi connectivity index (χ0v) is 11.3. The van der Waals surface area contributed by atoms with E-state index in [0.29, 0.717) is 0 Å². The molecule has 0 aliphatic carbocycles. The van der Waals surface area contributed by atoms with Crippen LogP contribution in [0.25, 0.3) is 0 Å². The van der Waals surface area contributed by atoms with Gasteiger partial charge in [0.15, 0.2) is 0 Å². The lowest BCUT2D eigenvalue weighted by atomic mass is 10.1. The van der Waals surface area contributed by atoms with Crippen LogP contribution in [0.2, 0.25) is 0 Å². The largest absolute Gasteiger partial charge is 0.444 e. The summed E-state index contributed by atoms with van der Waals surface area (Å²) in [6, 6.07) is 0.0403. The van der Waals surface area contributed by atoms with Gasteiger partial charge in [-0.2, -0.15) is 0 Å². The fourth-order valence-electron chi connectivity index (χ4n) is 1.68. The van der Waals surface area contributed by atoms with Crippen molar-refractivity contribution < 1.29 is 9.53 Å². The van der Waals surface area contributed by atoms with Crippen molar-refractivity contribution in [1.82, 2.24) is 4.90 Å². The zero-order valence-electron chi connectivity index (χ0n) is 11.3. The van der Waals surface area contributed by atoms with Gasteiger partial charge >= 0.3 is 6.09 Å². The molecule has 17 heavy (non-hydrogen) atoms. The molecule has 0 spiro atoms. The van der Waals surface area contributed by atoms with Gasteiger partial charge in [0.2, 0.25) is 0 Å². The van der Waals surface area contributed by atoms with Crippen molar-refractivity contribution in [2.45, 2.75) is 52.2 Å². The minimum absolute atomic E-state index is 0.0403. The van der Waals surface area contributed by atoms with Crippen LogP contribution in [0, 0.1) is 0 Å². The van der Waals surface area contributed by atoms with E-state index in [4.69, 9.17) is 4.74 Å². The van der Waals surface area contributed by atoms with Crippen LogP contribution in [0.3, 0.4) is 0 Å². The van der Waals surface area contributed by atoms with Gasteiger partial charge in [-0.15, -0.1) is 0 Å². The van der Waals surface area contributed by atoms with Crippen LogP contribution in [0.4, 0.5) is 4.79 Å². The standard InChI is InChI=1S/C14H23NO2/c1-5-6-9-12-10-7-8-11-15(12)13(16)17-14(2,3)4/h6-7,9-10,12H,5,8,11H2,1-4H3. The van der Waals surface area contributed by atoms with Crippen molar-refractivity contribution in [3.8, 4) is 0 Å². The second-order valence-electron chi connectivity index (χ2n) is 5.22. The SMILES string of the molecule is CCC=CC1C=CCCN1C(=O)OC(C)(C)C. The highest BCUT2D eigenvalue weighted by molar-refractivity contribution is 5.69. The molecule has 3 heteroatoms. The normalized spacial score (nSPS) is 20.9.